The Bertz CT molecular complexity index is 385. The SMILES string of the molecule is CN(C(=O)c1csc(CCN)n1)C1CCCC1. The number of hydrogen-bond donors (Lipinski definition) is 1. The fourth-order valence-corrected chi connectivity index (χ4v) is 3.07. The smallest absolute Gasteiger partial charge is 0.273 e. The van der Waals surface area contributed by atoms with E-state index in [1.807, 2.05) is 17.3 Å². The van der Waals surface area contributed by atoms with Crippen LogP contribution in [0.1, 0.15) is 41.2 Å². The molecule has 1 fully saturated rings. The third-order valence-electron chi connectivity index (χ3n) is 3.32. The van der Waals surface area contributed by atoms with Crippen molar-refractivity contribution in [3.63, 3.8) is 0 Å². The van der Waals surface area contributed by atoms with Crippen molar-refractivity contribution in [2.45, 2.75) is 38.1 Å². The molecule has 1 aliphatic rings. The Kier molecular flexibility index (Phi) is 4.12. The minimum Gasteiger partial charge on any atom is -0.337 e. The highest BCUT2D eigenvalue weighted by Gasteiger charge is 2.25. The third-order valence-corrected chi connectivity index (χ3v) is 4.23. The summed E-state index contributed by atoms with van der Waals surface area (Å²) in [7, 11) is 1.89. The molecule has 17 heavy (non-hydrogen) atoms. The fraction of sp³-hybridized carbons (Fsp3) is 0.667. The van der Waals surface area contributed by atoms with E-state index in [0.717, 1.165) is 24.3 Å². The molecular formula is C12H19N3OS. The quantitative estimate of drug-likeness (QED) is 0.887. The highest BCUT2D eigenvalue weighted by atomic mass is 32.1. The largest absolute Gasteiger partial charge is 0.337 e. The van der Waals surface area contributed by atoms with Gasteiger partial charge in [0.05, 0.1) is 5.01 Å². The van der Waals surface area contributed by atoms with Crippen LogP contribution in [0.4, 0.5) is 0 Å². The highest BCUT2D eigenvalue weighted by Crippen LogP contribution is 2.24. The first kappa shape index (κ1) is 12.5. The van der Waals surface area contributed by atoms with E-state index < -0.39 is 0 Å². The Morgan fingerprint density at radius 3 is 2.94 bits per heavy atom. The molecule has 4 nitrogen and oxygen atoms in total. The molecule has 94 valence electrons. The minimum absolute atomic E-state index is 0.0522. The van der Waals surface area contributed by atoms with Crippen LogP contribution in [0.2, 0.25) is 0 Å². The molecule has 1 aromatic heterocycles. The van der Waals surface area contributed by atoms with Crippen molar-refractivity contribution in [1.82, 2.24) is 9.88 Å². The number of aromatic nitrogens is 1. The van der Waals surface area contributed by atoms with Crippen LogP contribution in [0.25, 0.3) is 0 Å². The standard InChI is InChI=1S/C12H19N3OS/c1-15(9-4-2-3-5-9)12(16)10-8-17-11(14-10)6-7-13/h8-9H,2-7,13H2,1H3. The number of amides is 1. The zero-order chi connectivity index (χ0) is 12.3. The predicted octanol–water partition coefficient (Wildman–Crippen LogP) is 1.66. The molecule has 0 radical (unpaired) electrons. The van der Waals surface area contributed by atoms with Gasteiger partial charge < -0.3 is 10.6 Å². The summed E-state index contributed by atoms with van der Waals surface area (Å²) in [5, 5.41) is 2.80. The number of carbonyl (C=O) groups is 1. The summed E-state index contributed by atoms with van der Waals surface area (Å²) < 4.78 is 0. The van der Waals surface area contributed by atoms with E-state index in [-0.39, 0.29) is 5.91 Å². The maximum absolute atomic E-state index is 12.2. The molecule has 0 aliphatic heterocycles. The molecule has 1 aromatic rings. The van der Waals surface area contributed by atoms with Gasteiger partial charge in [0, 0.05) is 24.9 Å². The van der Waals surface area contributed by atoms with Crippen molar-refractivity contribution < 1.29 is 4.79 Å². The number of nitrogens with two attached hydrogens (primary N) is 1. The highest BCUT2D eigenvalue weighted by molar-refractivity contribution is 7.09. The van der Waals surface area contributed by atoms with Gasteiger partial charge in [-0.05, 0) is 19.4 Å². The van der Waals surface area contributed by atoms with Gasteiger partial charge in [0.1, 0.15) is 5.69 Å². The number of hydrogen-bond acceptors (Lipinski definition) is 4. The maximum Gasteiger partial charge on any atom is 0.273 e. The zero-order valence-electron chi connectivity index (χ0n) is 10.2. The summed E-state index contributed by atoms with van der Waals surface area (Å²) in [6.45, 7) is 0.583. The van der Waals surface area contributed by atoms with Crippen LogP contribution in [0.3, 0.4) is 0 Å². The Labute approximate surface area is 106 Å². The van der Waals surface area contributed by atoms with Crippen LogP contribution in [0, 0.1) is 0 Å². The zero-order valence-corrected chi connectivity index (χ0v) is 11.0. The Hall–Kier alpha value is -0.940. The molecule has 0 unspecified atom stereocenters. The van der Waals surface area contributed by atoms with Crippen molar-refractivity contribution >= 4 is 17.2 Å². The summed E-state index contributed by atoms with van der Waals surface area (Å²) in [5.74, 6) is 0.0522. The van der Waals surface area contributed by atoms with Crippen LogP contribution in [0.15, 0.2) is 5.38 Å². The van der Waals surface area contributed by atoms with E-state index in [9.17, 15) is 4.79 Å². The van der Waals surface area contributed by atoms with Gasteiger partial charge in [0.25, 0.3) is 5.91 Å². The summed E-state index contributed by atoms with van der Waals surface area (Å²) in [6, 6.07) is 0.405. The topological polar surface area (TPSA) is 59.2 Å². The lowest BCUT2D eigenvalue weighted by molar-refractivity contribution is 0.0730. The van der Waals surface area contributed by atoms with Gasteiger partial charge >= 0.3 is 0 Å². The van der Waals surface area contributed by atoms with Crippen LogP contribution in [0.5, 0.6) is 0 Å². The molecule has 0 saturated heterocycles. The molecule has 1 amide bonds. The van der Waals surface area contributed by atoms with E-state index in [1.165, 1.54) is 24.2 Å². The van der Waals surface area contributed by atoms with Gasteiger partial charge in [-0.1, -0.05) is 12.8 Å². The van der Waals surface area contributed by atoms with E-state index in [1.54, 1.807) is 0 Å². The van der Waals surface area contributed by atoms with Gasteiger partial charge in [0.15, 0.2) is 0 Å². The lowest BCUT2D eigenvalue weighted by Gasteiger charge is -2.23. The minimum atomic E-state index is 0.0522. The summed E-state index contributed by atoms with van der Waals surface area (Å²) in [5.41, 5.74) is 6.05. The van der Waals surface area contributed by atoms with Crippen LogP contribution < -0.4 is 5.73 Å². The molecule has 0 aromatic carbocycles. The van der Waals surface area contributed by atoms with Crippen molar-refractivity contribution in [2.24, 2.45) is 5.73 Å². The third kappa shape index (κ3) is 2.84. The normalized spacial score (nSPS) is 16.4. The summed E-state index contributed by atoms with van der Waals surface area (Å²) >= 11 is 1.52. The van der Waals surface area contributed by atoms with Crippen molar-refractivity contribution in [3.8, 4) is 0 Å². The predicted molar refractivity (Wildman–Crippen MR) is 69.2 cm³/mol. The Morgan fingerprint density at radius 1 is 1.59 bits per heavy atom. The molecule has 2 rings (SSSR count). The molecule has 2 N–H and O–H groups in total. The van der Waals surface area contributed by atoms with Crippen molar-refractivity contribution in [2.75, 3.05) is 13.6 Å². The first-order chi connectivity index (χ1) is 8.22. The summed E-state index contributed by atoms with van der Waals surface area (Å²) in [6.07, 6.45) is 5.48. The number of thiazole rings is 1. The summed E-state index contributed by atoms with van der Waals surface area (Å²) in [4.78, 5) is 18.4. The first-order valence-corrected chi connectivity index (χ1v) is 7.02. The second-order valence-corrected chi connectivity index (χ2v) is 5.46. The lowest BCUT2D eigenvalue weighted by atomic mass is 10.2. The fourth-order valence-electron chi connectivity index (χ4n) is 2.29. The number of rotatable bonds is 4. The van der Waals surface area contributed by atoms with E-state index in [0.29, 0.717) is 18.3 Å². The van der Waals surface area contributed by atoms with Gasteiger partial charge in [-0.3, -0.25) is 4.79 Å². The molecule has 0 bridgehead atoms. The van der Waals surface area contributed by atoms with Crippen LogP contribution in [-0.4, -0.2) is 35.4 Å². The van der Waals surface area contributed by atoms with Gasteiger partial charge in [-0.25, -0.2) is 4.98 Å². The van der Waals surface area contributed by atoms with Gasteiger partial charge in [-0.2, -0.15) is 0 Å². The van der Waals surface area contributed by atoms with Gasteiger partial charge in [-0.15, -0.1) is 11.3 Å². The average Bonchev–Trinajstić information content (AvgIpc) is 2.98. The lowest BCUT2D eigenvalue weighted by Crippen LogP contribution is -2.35. The average molecular weight is 253 g/mol. The molecule has 1 heterocycles. The number of carbonyl (C=O) groups excluding carboxylic acids is 1. The van der Waals surface area contributed by atoms with Crippen LogP contribution >= 0.6 is 11.3 Å². The van der Waals surface area contributed by atoms with E-state index in [4.69, 9.17) is 5.73 Å². The monoisotopic (exact) mass is 253 g/mol. The van der Waals surface area contributed by atoms with Gasteiger partial charge in [0.2, 0.25) is 0 Å². The second kappa shape index (κ2) is 5.60. The maximum atomic E-state index is 12.2. The van der Waals surface area contributed by atoms with E-state index in [2.05, 4.69) is 4.98 Å². The molecule has 0 atom stereocenters. The Morgan fingerprint density at radius 2 is 2.29 bits per heavy atom. The number of nitrogens with zero attached hydrogens (tertiary/aromatic N) is 2. The van der Waals surface area contributed by atoms with E-state index >= 15 is 0 Å². The molecule has 1 aliphatic carbocycles. The molecule has 0 spiro atoms. The molecule has 5 heteroatoms. The Balaban J connectivity index is 2.02. The van der Waals surface area contributed by atoms with Crippen LogP contribution in [-0.2, 0) is 6.42 Å². The van der Waals surface area contributed by atoms with Crippen molar-refractivity contribution in [3.05, 3.63) is 16.1 Å². The van der Waals surface area contributed by atoms with Crippen molar-refractivity contribution in [1.29, 1.82) is 0 Å². The molecule has 1 saturated carbocycles. The first-order valence-electron chi connectivity index (χ1n) is 6.14. The molecular weight excluding hydrogens is 234 g/mol. The second-order valence-electron chi connectivity index (χ2n) is 4.52.